The van der Waals surface area contributed by atoms with Crippen LogP contribution in [0.15, 0.2) is 35.2 Å². The normalized spacial score (nSPS) is 35.2. The summed E-state index contributed by atoms with van der Waals surface area (Å²) in [4.78, 5) is 11.4. The van der Waals surface area contributed by atoms with E-state index < -0.39 is 0 Å². The van der Waals surface area contributed by atoms with Crippen LogP contribution in [0.5, 0.6) is 0 Å². The smallest absolute Gasteiger partial charge is 0.302 e. The fourth-order valence-electron chi connectivity index (χ4n) is 5.80. The molecule has 0 bridgehead atoms. The molecule has 0 saturated heterocycles. The molecule has 3 nitrogen and oxygen atoms in total. The highest BCUT2D eigenvalue weighted by Crippen LogP contribution is 2.61. The van der Waals surface area contributed by atoms with Gasteiger partial charge < -0.3 is 9.15 Å². The van der Waals surface area contributed by atoms with Crippen molar-refractivity contribution in [2.75, 3.05) is 6.61 Å². The van der Waals surface area contributed by atoms with Crippen LogP contribution in [0, 0.1) is 22.7 Å². The Bertz CT molecular complexity index is 617. The number of ether oxygens (including phenoxy) is 1. The number of allylic oxidation sites excluding steroid dienone is 1. The molecule has 1 unspecified atom stereocenters. The van der Waals surface area contributed by atoms with Gasteiger partial charge in [-0.1, -0.05) is 32.4 Å². The first-order valence-electron chi connectivity index (χ1n) is 9.67. The predicted molar refractivity (Wildman–Crippen MR) is 99.1 cm³/mol. The summed E-state index contributed by atoms with van der Waals surface area (Å²) in [5.41, 5.74) is 3.04. The van der Waals surface area contributed by atoms with Crippen LogP contribution in [0.1, 0.15) is 64.9 Å². The quantitative estimate of drug-likeness (QED) is 0.519. The van der Waals surface area contributed by atoms with E-state index in [0.717, 1.165) is 25.7 Å². The lowest BCUT2D eigenvalue weighted by Crippen LogP contribution is -2.52. The van der Waals surface area contributed by atoms with Gasteiger partial charge in [-0.2, -0.15) is 0 Å². The number of carbonyl (C=O) groups is 1. The Kier molecular flexibility index (Phi) is 5.13. The minimum atomic E-state index is -0.162. The summed E-state index contributed by atoms with van der Waals surface area (Å²) in [7, 11) is 0. The first kappa shape index (κ1) is 18.3. The van der Waals surface area contributed by atoms with Gasteiger partial charge in [0.05, 0.1) is 19.1 Å². The van der Waals surface area contributed by atoms with Gasteiger partial charge in [0.15, 0.2) is 0 Å². The molecular weight excluding hydrogens is 312 g/mol. The molecule has 2 aliphatic rings. The Labute approximate surface area is 151 Å². The first-order valence-corrected chi connectivity index (χ1v) is 9.67. The van der Waals surface area contributed by atoms with E-state index >= 15 is 0 Å². The number of esters is 1. The van der Waals surface area contributed by atoms with Crippen molar-refractivity contribution in [3.05, 3.63) is 36.3 Å². The summed E-state index contributed by atoms with van der Waals surface area (Å²) in [5.74, 6) is 0.969. The minimum Gasteiger partial charge on any atom is -0.472 e. The van der Waals surface area contributed by atoms with Crippen LogP contribution in [0.4, 0.5) is 0 Å². The SMILES string of the molecule is C=C1CCC2[C@](C)(COC(C)=O)CCC[C@@]2(C)[C@@H]1CCc1ccoc1. The Morgan fingerprint density at radius 1 is 1.40 bits per heavy atom. The predicted octanol–water partition coefficient (Wildman–Crippen LogP) is 5.55. The maximum atomic E-state index is 11.4. The second kappa shape index (κ2) is 7.01. The molecule has 2 saturated carbocycles. The molecule has 3 rings (SSSR count). The molecule has 4 atom stereocenters. The molecule has 1 aromatic heterocycles. The van der Waals surface area contributed by atoms with Gasteiger partial charge in [0.1, 0.15) is 0 Å². The number of furan rings is 1. The molecular formula is C22H32O3. The maximum Gasteiger partial charge on any atom is 0.302 e. The largest absolute Gasteiger partial charge is 0.472 e. The van der Waals surface area contributed by atoms with Gasteiger partial charge in [-0.15, -0.1) is 0 Å². The van der Waals surface area contributed by atoms with Crippen molar-refractivity contribution in [2.45, 2.75) is 65.7 Å². The van der Waals surface area contributed by atoms with E-state index in [0.29, 0.717) is 18.4 Å². The third-order valence-corrected chi connectivity index (χ3v) is 7.05. The molecule has 0 N–H and O–H groups in total. The van der Waals surface area contributed by atoms with Crippen LogP contribution in [-0.2, 0) is 16.0 Å². The van der Waals surface area contributed by atoms with Crippen LogP contribution in [0.25, 0.3) is 0 Å². The molecule has 3 heteroatoms. The minimum absolute atomic E-state index is 0.0905. The number of aryl methyl sites for hydroxylation is 1. The van der Waals surface area contributed by atoms with Crippen molar-refractivity contribution < 1.29 is 13.9 Å². The molecule has 0 radical (unpaired) electrons. The summed E-state index contributed by atoms with van der Waals surface area (Å²) < 4.78 is 10.7. The van der Waals surface area contributed by atoms with E-state index in [1.54, 1.807) is 6.26 Å². The van der Waals surface area contributed by atoms with Gasteiger partial charge in [0.25, 0.3) is 0 Å². The molecule has 0 aromatic carbocycles. The van der Waals surface area contributed by atoms with Crippen LogP contribution < -0.4 is 0 Å². The molecule has 0 aliphatic heterocycles. The topological polar surface area (TPSA) is 39.4 Å². The summed E-state index contributed by atoms with van der Waals surface area (Å²) >= 11 is 0. The van der Waals surface area contributed by atoms with Crippen molar-refractivity contribution in [3.8, 4) is 0 Å². The second-order valence-corrected chi connectivity index (χ2v) is 8.77. The highest BCUT2D eigenvalue weighted by Gasteiger charge is 2.54. The Morgan fingerprint density at radius 2 is 2.20 bits per heavy atom. The van der Waals surface area contributed by atoms with E-state index in [9.17, 15) is 4.79 Å². The lowest BCUT2D eigenvalue weighted by molar-refractivity contribution is -0.152. The average Bonchev–Trinajstić information content (AvgIpc) is 3.05. The summed E-state index contributed by atoms with van der Waals surface area (Å²) in [6.45, 7) is 11.3. The second-order valence-electron chi connectivity index (χ2n) is 8.77. The Hall–Kier alpha value is -1.51. The van der Waals surface area contributed by atoms with Crippen molar-refractivity contribution in [2.24, 2.45) is 22.7 Å². The number of rotatable bonds is 5. The van der Waals surface area contributed by atoms with Crippen LogP contribution in [-0.4, -0.2) is 12.6 Å². The van der Waals surface area contributed by atoms with E-state index in [4.69, 9.17) is 9.15 Å². The number of hydrogen-bond donors (Lipinski definition) is 0. The van der Waals surface area contributed by atoms with Gasteiger partial charge in [-0.05, 0) is 67.4 Å². The van der Waals surface area contributed by atoms with Crippen LogP contribution >= 0.6 is 0 Å². The fraction of sp³-hybridized carbons (Fsp3) is 0.682. The third-order valence-electron chi connectivity index (χ3n) is 7.05. The van der Waals surface area contributed by atoms with E-state index in [-0.39, 0.29) is 16.8 Å². The van der Waals surface area contributed by atoms with Crippen molar-refractivity contribution >= 4 is 5.97 Å². The van der Waals surface area contributed by atoms with Crippen molar-refractivity contribution in [1.82, 2.24) is 0 Å². The Morgan fingerprint density at radius 3 is 2.88 bits per heavy atom. The molecule has 2 fully saturated rings. The summed E-state index contributed by atoms with van der Waals surface area (Å²) in [6, 6.07) is 2.07. The number of fused-ring (bicyclic) bond motifs is 1. The summed E-state index contributed by atoms with van der Waals surface area (Å²) in [6.07, 6.45) is 11.7. The van der Waals surface area contributed by atoms with Crippen molar-refractivity contribution in [3.63, 3.8) is 0 Å². The van der Waals surface area contributed by atoms with Gasteiger partial charge in [-0.3, -0.25) is 4.79 Å². The zero-order valence-electron chi connectivity index (χ0n) is 16.0. The molecule has 2 aliphatic carbocycles. The maximum absolute atomic E-state index is 11.4. The van der Waals surface area contributed by atoms with E-state index in [2.05, 4.69) is 26.5 Å². The number of carbonyl (C=O) groups excluding carboxylic acids is 1. The highest BCUT2D eigenvalue weighted by molar-refractivity contribution is 5.65. The zero-order valence-corrected chi connectivity index (χ0v) is 16.0. The van der Waals surface area contributed by atoms with E-state index in [1.165, 1.54) is 37.3 Å². The molecule has 0 spiro atoms. The summed E-state index contributed by atoms with van der Waals surface area (Å²) in [5, 5.41) is 0. The third kappa shape index (κ3) is 3.56. The molecule has 0 amide bonds. The average molecular weight is 344 g/mol. The molecule has 25 heavy (non-hydrogen) atoms. The lowest BCUT2D eigenvalue weighted by atomic mass is 9.47. The Balaban J connectivity index is 1.79. The fourth-order valence-corrected chi connectivity index (χ4v) is 5.80. The van der Waals surface area contributed by atoms with Gasteiger partial charge in [-0.25, -0.2) is 0 Å². The zero-order chi connectivity index (χ0) is 18.1. The standard InChI is InChI=1S/C22H32O3/c1-16-6-9-20-21(3,15-25-17(2)23)11-5-12-22(20,4)19(16)8-7-18-10-13-24-14-18/h10,13-14,19-20H,1,5-9,11-12,15H2,2-4H3/t19-,20?,21+,22+/m1/s1. The first-order chi connectivity index (χ1) is 11.8. The van der Waals surface area contributed by atoms with Crippen LogP contribution in [0.3, 0.4) is 0 Å². The number of hydrogen-bond acceptors (Lipinski definition) is 3. The van der Waals surface area contributed by atoms with E-state index in [1.807, 2.05) is 6.26 Å². The van der Waals surface area contributed by atoms with Gasteiger partial charge in [0, 0.05) is 12.3 Å². The van der Waals surface area contributed by atoms with Crippen LogP contribution in [0.2, 0.25) is 0 Å². The highest BCUT2D eigenvalue weighted by atomic mass is 16.5. The van der Waals surface area contributed by atoms with Crippen molar-refractivity contribution in [1.29, 1.82) is 0 Å². The molecule has 1 aromatic rings. The molecule has 1 heterocycles. The monoisotopic (exact) mass is 344 g/mol. The lowest BCUT2D eigenvalue weighted by Gasteiger charge is -2.58. The molecule has 138 valence electrons. The van der Waals surface area contributed by atoms with Gasteiger partial charge in [0.2, 0.25) is 0 Å². The van der Waals surface area contributed by atoms with Gasteiger partial charge >= 0.3 is 5.97 Å².